The van der Waals surface area contributed by atoms with Gasteiger partial charge in [0.25, 0.3) is 5.91 Å². The van der Waals surface area contributed by atoms with E-state index in [0.717, 1.165) is 0 Å². The van der Waals surface area contributed by atoms with Gasteiger partial charge in [-0.1, -0.05) is 12.1 Å². The lowest BCUT2D eigenvalue weighted by Crippen LogP contribution is -2.61. The zero-order valence-corrected chi connectivity index (χ0v) is 14.0. The smallest absolute Gasteiger partial charge is 0.352 e. The predicted octanol–water partition coefficient (Wildman–Crippen LogP) is 0.844. The largest absolute Gasteiger partial charge is 0.477 e. The maximum Gasteiger partial charge on any atom is 0.352 e. The van der Waals surface area contributed by atoms with E-state index in [-0.39, 0.29) is 23.6 Å². The molecule has 1 saturated heterocycles. The lowest BCUT2D eigenvalue weighted by atomic mass is 9.82. The molecular weight excluding hydrogens is 324 g/mol. The topological polar surface area (TPSA) is 107 Å². The van der Waals surface area contributed by atoms with Crippen molar-refractivity contribution in [2.45, 2.75) is 32.4 Å². The molecule has 0 spiro atoms. The highest BCUT2D eigenvalue weighted by Crippen LogP contribution is 2.46. The number of aliphatic hydroxyl groups is 1. The number of carboxylic acids is 1. The van der Waals surface area contributed by atoms with Crippen LogP contribution in [-0.2, 0) is 9.59 Å². The summed E-state index contributed by atoms with van der Waals surface area (Å²) < 4.78 is 0. The lowest BCUT2D eigenvalue weighted by molar-refractivity contribution is -0.161. The van der Waals surface area contributed by atoms with E-state index in [1.807, 2.05) is 6.92 Å². The van der Waals surface area contributed by atoms with E-state index < -0.39 is 18.0 Å². The maximum absolute atomic E-state index is 12.2. The van der Waals surface area contributed by atoms with Crippen LogP contribution in [0, 0.1) is 5.92 Å². The van der Waals surface area contributed by atoms with Crippen LogP contribution in [0.4, 0.5) is 0 Å². The molecule has 3 atom stereocenters. The molecule has 0 saturated carbocycles. The monoisotopic (exact) mass is 344 g/mol. The highest BCUT2D eigenvalue weighted by atomic mass is 16.4. The second-order valence-electron chi connectivity index (χ2n) is 6.32. The second-order valence-corrected chi connectivity index (χ2v) is 6.32. The first-order valence-corrected chi connectivity index (χ1v) is 8.23. The zero-order valence-electron chi connectivity index (χ0n) is 14.0. The fourth-order valence-corrected chi connectivity index (χ4v) is 3.64. The Morgan fingerprint density at radius 3 is 2.72 bits per heavy atom. The van der Waals surface area contributed by atoms with Crippen molar-refractivity contribution in [3.63, 3.8) is 0 Å². The Labute approximate surface area is 144 Å². The van der Waals surface area contributed by atoms with Crippen LogP contribution in [0.2, 0.25) is 0 Å². The van der Waals surface area contributed by atoms with E-state index >= 15 is 0 Å². The Kier molecular flexibility index (Phi) is 4.34. The van der Waals surface area contributed by atoms with Gasteiger partial charge in [0.2, 0.25) is 5.91 Å². The number of β-lactam (4-membered cyclic amide) rings is 1. The van der Waals surface area contributed by atoms with Crippen LogP contribution in [0.3, 0.4) is 0 Å². The minimum atomic E-state index is -1.18. The van der Waals surface area contributed by atoms with Crippen molar-refractivity contribution >= 4 is 23.4 Å². The average molecular weight is 344 g/mol. The van der Waals surface area contributed by atoms with Gasteiger partial charge >= 0.3 is 5.97 Å². The molecule has 7 nitrogen and oxygen atoms in total. The predicted molar refractivity (Wildman–Crippen MR) is 89.4 cm³/mol. The number of carbonyl (C=O) groups excluding carboxylic acids is 2. The summed E-state index contributed by atoms with van der Waals surface area (Å²) in [5.41, 5.74) is 1.50. The number of carboxylic acid groups (broad SMARTS) is 1. The van der Waals surface area contributed by atoms with E-state index in [4.69, 9.17) is 0 Å². The fraction of sp³-hybridized carbons (Fsp3) is 0.389. The number of rotatable bonds is 5. The van der Waals surface area contributed by atoms with Gasteiger partial charge < -0.3 is 20.4 Å². The number of aliphatic carboxylic acids is 1. The minimum absolute atomic E-state index is 0.0556. The SMILES string of the molecule is CCNC(=O)c1cccc(C2=C(C(=O)O)N3C(=O)C(C(C)O)C3C2)c1. The van der Waals surface area contributed by atoms with Crippen molar-refractivity contribution in [3.8, 4) is 0 Å². The fourth-order valence-electron chi connectivity index (χ4n) is 3.64. The molecular formula is C18H20N2O5. The van der Waals surface area contributed by atoms with Gasteiger partial charge in [-0.05, 0) is 43.5 Å². The molecule has 1 aromatic carbocycles. The van der Waals surface area contributed by atoms with E-state index in [1.54, 1.807) is 24.3 Å². The van der Waals surface area contributed by atoms with E-state index in [2.05, 4.69) is 5.32 Å². The Hall–Kier alpha value is -2.67. The highest BCUT2D eigenvalue weighted by molar-refractivity contribution is 6.06. The van der Waals surface area contributed by atoms with Crippen molar-refractivity contribution < 1.29 is 24.6 Å². The molecule has 0 aromatic heterocycles. The molecule has 3 N–H and O–H groups in total. The van der Waals surface area contributed by atoms with Gasteiger partial charge in [0.15, 0.2) is 0 Å². The molecule has 2 amide bonds. The molecule has 0 bridgehead atoms. The molecule has 1 aromatic rings. The van der Waals surface area contributed by atoms with Crippen LogP contribution in [0.15, 0.2) is 30.0 Å². The summed E-state index contributed by atoms with van der Waals surface area (Å²) in [6.45, 7) is 3.84. The summed E-state index contributed by atoms with van der Waals surface area (Å²) >= 11 is 0. The van der Waals surface area contributed by atoms with Crippen molar-refractivity contribution in [1.29, 1.82) is 0 Å². The molecule has 0 aliphatic carbocycles. The van der Waals surface area contributed by atoms with Crippen LogP contribution < -0.4 is 5.32 Å². The highest BCUT2D eigenvalue weighted by Gasteiger charge is 2.56. The number of nitrogens with one attached hydrogen (secondary N) is 1. The second kappa shape index (κ2) is 6.33. The van der Waals surface area contributed by atoms with Crippen molar-refractivity contribution in [1.82, 2.24) is 10.2 Å². The molecule has 0 radical (unpaired) electrons. The third-order valence-corrected chi connectivity index (χ3v) is 4.74. The van der Waals surface area contributed by atoms with E-state index in [1.165, 1.54) is 11.8 Å². The van der Waals surface area contributed by atoms with Gasteiger partial charge in [-0.25, -0.2) is 4.79 Å². The number of hydrogen-bond donors (Lipinski definition) is 3. The van der Waals surface area contributed by atoms with Gasteiger partial charge in [0.1, 0.15) is 5.70 Å². The number of nitrogens with zero attached hydrogens (tertiary/aromatic N) is 1. The Balaban J connectivity index is 1.99. The molecule has 3 unspecified atom stereocenters. The van der Waals surface area contributed by atoms with Crippen LogP contribution in [0.25, 0.3) is 5.57 Å². The first-order valence-electron chi connectivity index (χ1n) is 8.23. The van der Waals surface area contributed by atoms with Crippen molar-refractivity contribution in [2.24, 2.45) is 5.92 Å². The van der Waals surface area contributed by atoms with Crippen LogP contribution in [-0.4, -0.2) is 51.6 Å². The van der Waals surface area contributed by atoms with Gasteiger partial charge in [-0.3, -0.25) is 9.59 Å². The summed E-state index contributed by atoms with van der Waals surface area (Å²) in [6.07, 6.45) is -0.480. The third kappa shape index (κ3) is 2.70. The zero-order chi connectivity index (χ0) is 18.3. The van der Waals surface area contributed by atoms with Gasteiger partial charge in [-0.2, -0.15) is 0 Å². The van der Waals surface area contributed by atoms with Gasteiger partial charge in [0.05, 0.1) is 18.1 Å². The first-order chi connectivity index (χ1) is 11.9. The number of aliphatic hydroxyl groups excluding tert-OH is 1. The molecule has 1 fully saturated rings. The summed E-state index contributed by atoms with van der Waals surface area (Å²) in [7, 11) is 0. The van der Waals surface area contributed by atoms with Crippen molar-refractivity contribution in [2.75, 3.05) is 6.54 Å². The number of fused-ring (bicyclic) bond motifs is 1. The Morgan fingerprint density at radius 1 is 1.40 bits per heavy atom. The lowest BCUT2D eigenvalue weighted by Gasteiger charge is -2.44. The summed E-state index contributed by atoms with van der Waals surface area (Å²) in [6, 6.07) is 6.37. The first kappa shape index (κ1) is 17.2. The summed E-state index contributed by atoms with van der Waals surface area (Å²) in [5, 5.41) is 22.1. The van der Waals surface area contributed by atoms with Crippen LogP contribution in [0.1, 0.15) is 36.2 Å². The van der Waals surface area contributed by atoms with Crippen LogP contribution in [0.5, 0.6) is 0 Å². The number of carbonyl (C=O) groups is 3. The Bertz CT molecular complexity index is 783. The van der Waals surface area contributed by atoms with Gasteiger partial charge in [0, 0.05) is 12.1 Å². The average Bonchev–Trinajstić information content (AvgIpc) is 2.90. The maximum atomic E-state index is 12.2. The van der Waals surface area contributed by atoms with Crippen LogP contribution >= 0.6 is 0 Å². The molecule has 2 heterocycles. The molecule has 2 aliphatic heterocycles. The number of hydrogen-bond acceptors (Lipinski definition) is 4. The normalized spacial score (nSPS) is 23.2. The minimum Gasteiger partial charge on any atom is -0.477 e. The van der Waals surface area contributed by atoms with Crippen molar-refractivity contribution in [3.05, 3.63) is 41.1 Å². The molecule has 25 heavy (non-hydrogen) atoms. The third-order valence-electron chi connectivity index (χ3n) is 4.74. The van der Waals surface area contributed by atoms with Gasteiger partial charge in [-0.15, -0.1) is 0 Å². The molecule has 132 valence electrons. The van der Waals surface area contributed by atoms with E-state index in [9.17, 15) is 24.6 Å². The molecule has 2 aliphatic rings. The van der Waals surface area contributed by atoms with E-state index in [0.29, 0.717) is 29.7 Å². The number of benzene rings is 1. The summed E-state index contributed by atoms with van der Waals surface area (Å²) in [4.78, 5) is 37.2. The summed E-state index contributed by atoms with van der Waals surface area (Å²) in [5.74, 6) is -2.37. The molecule has 3 rings (SSSR count). The molecule has 7 heteroatoms. The quantitative estimate of drug-likeness (QED) is 0.686. The standard InChI is InChI=1S/C18H20N2O5/c1-3-19-16(22)11-6-4-5-10(7-11)12-8-13-14(9(2)21)17(23)20(13)15(12)18(24)25/h4-7,9,13-14,21H,3,8H2,1-2H3,(H,19,22)(H,24,25). The Morgan fingerprint density at radius 2 is 2.12 bits per heavy atom. The number of amides is 2.